The Morgan fingerprint density at radius 3 is 2.78 bits per heavy atom. The molecule has 2 rings (SSSR count). The van der Waals surface area contributed by atoms with E-state index in [2.05, 4.69) is 27.5 Å². The molecule has 6 heteroatoms. The fourth-order valence-corrected chi connectivity index (χ4v) is 2.97. The number of rotatable bonds is 5. The van der Waals surface area contributed by atoms with Gasteiger partial charge in [-0.3, -0.25) is 0 Å². The number of guanidine groups is 1. The number of hydrogen-bond acceptors (Lipinski definition) is 4. The third-order valence-electron chi connectivity index (χ3n) is 4.73. The van der Waals surface area contributed by atoms with Crippen LogP contribution in [-0.4, -0.2) is 35.2 Å². The van der Waals surface area contributed by atoms with Gasteiger partial charge in [0.1, 0.15) is 12.3 Å². The van der Waals surface area contributed by atoms with Crippen LogP contribution >= 0.6 is 0 Å². The van der Waals surface area contributed by atoms with Crippen LogP contribution in [0.15, 0.2) is 9.41 Å². The van der Waals surface area contributed by atoms with E-state index in [4.69, 9.17) is 4.42 Å². The Hall–Kier alpha value is -1.56. The molecule has 6 nitrogen and oxygen atoms in total. The first-order valence-electron chi connectivity index (χ1n) is 8.58. The van der Waals surface area contributed by atoms with Crippen LogP contribution in [0.3, 0.4) is 0 Å². The molecule has 3 N–H and O–H groups in total. The van der Waals surface area contributed by atoms with Crippen molar-refractivity contribution in [2.24, 2.45) is 10.4 Å². The molecular weight excluding hydrogens is 292 g/mol. The quantitative estimate of drug-likeness (QED) is 0.572. The number of aliphatic imine (C=N–C) groups is 1. The van der Waals surface area contributed by atoms with Gasteiger partial charge >= 0.3 is 0 Å². The van der Waals surface area contributed by atoms with Gasteiger partial charge in [-0.05, 0) is 33.6 Å². The Balaban J connectivity index is 1.96. The van der Waals surface area contributed by atoms with E-state index in [9.17, 15) is 5.11 Å². The number of oxazole rings is 1. The van der Waals surface area contributed by atoms with E-state index in [-0.39, 0.29) is 11.5 Å². The summed E-state index contributed by atoms with van der Waals surface area (Å²) in [4.78, 5) is 8.88. The minimum atomic E-state index is -0.247. The fourth-order valence-electron chi connectivity index (χ4n) is 2.97. The molecule has 130 valence electrons. The maximum atomic E-state index is 10.3. The third kappa shape index (κ3) is 4.70. The van der Waals surface area contributed by atoms with Crippen LogP contribution in [-0.2, 0) is 6.54 Å². The molecule has 0 spiro atoms. The standard InChI is InChI=1S/C17H30N4O2/c1-5-18-16(19-10-15-21-12(2)13(3)23-15)20-11-17(4)9-7-6-8-14(17)22/h14,22H,5-11H2,1-4H3,(H2,18,19,20). The predicted molar refractivity (Wildman–Crippen MR) is 91.4 cm³/mol. The summed E-state index contributed by atoms with van der Waals surface area (Å²) < 4.78 is 5.56. The Labute approximate surface area is 138 Å². The first-order chi connectivity index (χ1) is 10.9. The zero-order valence-corrected chi connectivity index (χ0v) is 14.8. The van der Waals surface area contributed by atoms with Crippen molar-refractivity contribution in [3.8, 4) is 0 Å². The average molecular weight is 322 g/mol. The molecule has 1 aliphatic carbocycles. The summed E-state index contributed by atoms with van der Waals surface area (Å²) in [7, 11) is 0. The third-order valence-corrected chi connectivity index (χ3v) is 4.73. The molecule has 0 saturated heterocycles. The Bertz CT molecular complexity index is 521. The second-order valence-corrected chi connectivity index (χ2v) is 6.71. The lowest BCUT2D eigenvalue weighted by Gasteiger charge is -2.38. The van der Waals surface area contributed by atoms with Crippen molar-refractivity contribution in [3.63, 3.8) is 0 Å². The number of aliphatic hydroxyl groups is 1. The van der Waals surface area contributed by atoms with Gasteiger partial charge in [0.15, 0.2) is 5.96 Å². The fraction of sp³-hybridized carbons (Fsp3) is 0.765. The van der Waals surface area contributed by atoms with Crippen LogP contribution in [0.5, 0.6) is 0 Å². The molecule has 1 saturated carbocycles. The van der Waals surface area contributed by atoms with Crippen LogP contribution in [0.2, 0.25) is 0 Å². The van der Waals surface area contributed by atoms with E-state index < -0.39 is 0 Å². The van der Waals surface area contributed by atoms with Gasteiger partial charge in [0, 0.05) is 18.5 Å². The summed E-state index contributed by atoms with van der Waals surface area (Å²) >= 11 is 0. The van der Waals surface area contributed by atoms with Crippen LogP contribution in [0.1, 0.15) is 56.9 Å². The zero-order chi connectivity index (χ0) is 16.9. The van der Waals surface area contributed by atoms with Gasteiger partial charge in [0.2, 0.25) is 5.89 Å². The number of aromatic nitrogens is 1. The Morgan fingerprint density at radius 1 is 1.39 bits per heavy atom. The largest absolute Gasteiger partial charge is 0.444 e. The van der Waals surface area contributed by atoms with E-state index in [1.807, 2.05) is 20.8 Å². The first-order valence-corrected chi connectivity index (χ1v) is 8.58. The lowest BCUT2D eigenvalue weighted by atomic mass is 9.73. The molecule has 1 heterocycles. The molecule has 0 radical (unpaired) electrons. The molecule has 0 bridgehead atoms. The van der Waals surface area contributed by atoms with Gasteiger partial charge in [0.25, 0.3) is 0 Å². The number of hydrogen-bond donors (Lipinski definition) is 3. The predicted octanol–water partition coefficient (Wildman–Crippen LogP) is 2.29. The van der Waals surface area contributed by atoms with Crippen molar-refractivity contribution in [2.45, 2.75) is 66.0 Å². The second kappa shape index (κ2) is 7.81. The van der Waals surface area contributed by atoms with Gasteiger partial charge in [-0.1, -0.05) is 19.8 Å². The highest BCUT2D eigenvalue weighted by Gasteiger charge is 2.35. The monoisotopic (exact) mass is 322 g/mol. The molecule has 2 atom stereocenters. The topological polar surface area (TPSA) is 82.7 Å². The summed E-state index contributed by atoms with van der Waals surface area (Å²) in [5, 5.41) is 16.9. The lowest BCUT2D eigenvalue weighted by molar-refractivity contribution is 0.00397. The van der Waals surface area contributed by atoms with Crippen molar-refractivity contribution in [1.82, 2.24) is 15.6 Å². The SMILES string of the molecule is CCNC(=NCc1nc(C)c(C)o1)NCC1(C)CCCCC1O. The molecule has 23 heavy (non-hydrogen) atoms. The van der Waals surface area contributed by atoms with E-state index in [1.165, 1.54) is 6.42 Å². The van der Waals surface area contributed by atoms with Gasteiger partial charge in [-0.15, -0.1) is 0 Å². The Morgan fingerprint density at radius 2 is 2.17 bits per heavy atom. The van der Waals surface area contributed by atoms with Gasteiger partial charge < -0.3 is 20.2 Å². The van der Waals surface area contributed by atoms with E-state index in [1.54, 1.807) is 0 Å². The number of aliphatic hydroxyl groups excluding tert-OH is 1. The van der Waals surface area contributed by atoms with Crippen LogP contribution < -0.4 is 10.6 Å². The number of nitrogens with zero attached hydrogens (tertiary/aromatic N) is 2. The van der Waals surface area contributed by atoms with Crippen molar-refractivity contribution in [3.05, 3.63) is 17.3 Å². The minimum absolute atomic E-state index is 0.0927. The first kappa shape index (κ1) is 17.8. The summed E-state index contributed by atoms with van der Waals surface area (Å²) in [5.41, 5.74) is 0.816. The summed E-state index contributed by atoms with van der Waals surface area (Å²) in [6.45, 7) is 9.93. The smallest absolute Gasteiger partial charge is 0.216 e. The van der Waals surface area contributed by atoms with Gasteiger partial charge in [-0.25, -0.2) is 9.98 Å². The van der Waals surface area contributed by atoms with Crippen molar-refractivity contribution in [1.29, 1.82) is 0 Å². The summed E-state index contributed by atoms with van der Waals surface area (Å²) in [6.07, 6.45) is 3.98. The highest BCUT2D eigenvalue weighted by molar-refractivity contribution is 5.79. The lowest BCUT2D eigenvalue weighted by Crippen LogP contribution is -2.48. The van der Waals surface area contributed by atoms with Crippen molar-refractivity contribution < 1.29 is 9.52 Å². The highest BCUT2D eigenvalue weighted by atomic mass is 16.4. The van der Waals surface area contributed by atoms with E-state index in [0.29, 0.717) is 19.0 Å². The molecule has 1 aliphatic rings. The average Bonchev–Trinajstić information content (AvgIpc) is 2.84. The second-order valence-electron chi connectivity index (χ2n) is 6.71. The Kier molecular flexibility index (Phi) is 6.04. The number of aryl methyl sites for hydroxylation is 2. The van der Waals surface area contributed by atoms with Crippen molar-refractivity contribution in [2.75, 3.05) is 13.1 Å². The molecule has 1 fully saturated rings. The molecule has 0 aliphatic heterocycles. The summed E-state index contributed by atoms with van der Waals surface area (Å²) in [6, 6.07) is 0. The van der Waals surface area contributed by atoms with Gasteiger partial charge in [0.05, 0.1) is 11.8 Å². The molecule has 1 aromatic heterocycles. The highest BCUT2D eigenvalue weighted by Crippen LogP contribution is 2.35. The minimum Gasteiger partial charge on any atom is -0.444 e. The normalized spacial score (nSPS) is 25.4. The molecule has 1 aromatic rings. The van der Waals surface area contributed by atoms with E-state index >= 15 is 0 Å². The maximum Gasteiger partial charge on any atom is 0.216 e. The van der Waals surface area contributed by atoms with Crippen LogP contribution in [0.25, 0.3) is 0 Å². The molecule has 2 unspecified atom stereocenters. The molecule has 0 amide bonds. The maximum absolute atomic E-state index is 10.3. The van der Waals surface area contributed by atoms with Gasteiger partial charge in [-0.2, -0.15) is 0 Å². The van der Waals surface area contributed by atoms with Crippen LogP contribution in [0.4, 0.5) is 0 Å². The van der Waals surface area contributed by atoms with E-state index in [0.717, 1.165) is 43.2 Å². The zero-order valence-electron chi connectivity index (χ0n) is 14.8. The van der Waals surface area contributed by atoms with Crippen LogP contribution in [0, 0.1) is 19.3 Å². The summed E-state index contributed by atoms with van der Waals surface area (Å²) in [5.74, 6) is 2.20. The molecular formula is C17H30N4O2. The molecule has 0 aromatic carbocycles. The van der Waals surface area contributed by atoms with Crippen molar-refractivity contribution >= 4 is 5.96 Å². The number of nitrogens with one attached hydrogen (secondary N) is 2.